The highest BCUT2D eigenvalue weighted by atomic mass is 16.5. The topological polar surface area (TPSA) is 59.6 Å². The van der Waals surface area contributed by atoms with Gasteiger partial charge < -0.3 is 20.1 Å². The van der Waals surface area contributed by atoms with E-state index in [2.05, 4.69) is 22.8 Å². The van der Waals surface area contributed by atoms with Gasteiger partial charge in [0.05, 0.1) is 7.11 Å². The summed E-state index contributed by atoms with van der Waals surface area (Å²) in [5, 5.41) is 6.27. The minimum atomic E-state index is -0.0611. The van der Waals surface area contributed by atoms with Crippen LogP contribution in [0.5, 0.6) is 5.75 Å². The van der Waals surface area contributed by atoms with Gasteiger partial charge in [-0.15, -0.1) is 0 Å². The maximum atomic E-state index is 12.4. The molecule has 5 nitrogen and oxygen atoms in total. The summed E-state index contributed by atoms with van der Waals surface area (Å²) in [7, 11) is 1.68. The third-order valence-electron chi connectivity index (χ3n) is 5.68. The van der Waals surface area contributed by atoms with Crippen molar-refractivity contribution in [1.82, 2.24) is 10.6 Å². The second kappa shape index (κ2) is 8.56. The largest absolute Gasteiger partial charge is 0.497 e. The molecule has 0 unspecified atom stereocenters. The highest BCUT2D eigenvalue weighted by molar-refractivity contribution is 5.74. The number of carbonyl (C=O) groups is 1. The summed E-state index contributed by atoms with van der Waals surface area (Å²) in [5.41, 5.74) is 1.18. The van der Waals surface area contributed by atoms with Crippen LogP contribution in [0.3, 0.4) is 0 Å². The molecule has 0 spiro atoms. The highest BCUT2D eigenvalue weighted by Gasteiger charge is 2.35. The number of hydrogen-bond donors (Lipinski definition) is 2. The van der Waals surface area contributed by atoms with E-state index in [0.29, 0.717) is 12.6 Å². The first-order valence-corrected chi connectivity index (χ1v) is 9.48. The van der Waals surface area contributed by atoms with E-state index in [9.17, 15) is 4.79 Å². The van der Waals surface area contributed by atoms with Crippen molar-refractivity contribution in [3.05, 3.63) is 29.8 Å². The molecule has 0 bridgehead atoms. The molecule has 5 heteroatoms. The quantitative estimate of drug-likeness (QED) is 0.859. The molecule has 2 fully saturated rings. The van der Waals surface area contributed by atoms with Crippen molar-refractivity contribution in [3.8, 4) is 5.75 Å². The van der Waals surface area contributed by atoms with Crippen LogP contribution in [0.2, 0.25) is 0 Å². The van der Waals surface area contributed by atoms with Crippen LogP contribution in [-0.2, 0) is 10.2 Å². The molecule has 2 aliphatic rings. The molecule has 0 radical (unpaired) electrons. The number of ether oxygens (including phenoxy) is 2. The van der Waals surface area contributed by atoms with E-state index in [1.165, 1.54) is 24.8 Å². The molecule has 1 aromatic rings. The van der Waals surface area contributed by atoms with Gasteiger partial charge in [-0.1, -0.05) is 31.4 Å². The van der Waals surface area contributed by atoms with Gasteiger partial charge in [-0.3, -0.25) is 0 Å². The number of carbonyl (C=O) groups excluding carboxylic acids is 1. The fourth-order valence-electron chi connectivity index (χ4n) is 4.01. The van der Waals surface area contributed by atoms with Crippen LogP contribution in [0.1, 0.15) is 50.5 Å². The fourth-order valence-corrected chi connectivity index (χ4v) is 4.01. The molecule has 0 aromatic heterocycles. The van der Waals surface area contributed by atoms with Crippen LogP contribution in [0.25, 0.3) is 0 Å². The predicted octanol–water partition coefficient (Wildman–Crippen LogP) is 3.38. The Hall–Kier alpha value is -1.75. The maximum absolute atomic E-state index is 12.4. The van der Waals surface area contributed by atoms with Crippen molar-refractivity contribution in [2.45, 2.75) is 56.4 Å². The Morgan fingerprint density at radius 3 is 2.48 bits per heavy atom. The molecule has 138 valence electrons. The van der Waals surface area contributed by atoms with Crippen LogP contribution in [-0.4, -0.2) is 38.9 Å². The normalized spacial score (nSPS) is 20.7. The summed E-state index contributed by atoms with van der Waals surface area (Å²) in [6.07, 6.45) is 7.78. The Morgan fingerprint density at radius 1 is 1.16 bits per heavy atom. The van der Waals surface area contributed by atoms with Crippen molar-refractivity contribution < 1.29 is 14.3 Å². The highest BCUT2D eigenvalue weighted by Crippen LogP contribution is 2.35. The van der Waals surface area contributed by atoms with Crippen LogP contribution < -0.4 is 15.4 Å². The molecule has 1 aliphatic heterocycles. The van der Waals surface area contributed by atoms with E-state index in [1.54, 1.807) is 7.11 Å². The van der Waals surface area contributed by atoms with Crippen LogP contribution in [0.4, 0.5) is 4.79 Å². The van der Waals surface area contributed by atoms with Gasteiger partial charge >= 0.3 is 6.03 Å². The Labute approximate surface area is 150 Å². The third kappa shape index (κ3) is 4.66. The zero-order valence-corrected chi connectivity index (χ0v) is 15.2. The number of benzene rings is 1. The zero-order chi connectivity index (χ0) is 17.5. The average molecular weight is 346 g/mol. The summed E-state index contributed by atoms with van der Waals surface area (Å²) in [6, 6.07) is 8.52. The third-order valence-corrected chi connectivity index (χ3v) is 5.68. The summed E-state index contributed by atoms with van der Waals surface area (Å²) in [6.45, 7) is 2.11. The van der Waals surface area contributed by atoms with Gasteiger partial charge in [0.15, 0.2) is 0 Å². The first-order valence-electron chi connectivity index (χ1n) is 9.48. The predicted molar refractivity (Wildman–Crippen MR) is 98.1 cm³/mol. The number of rotatable bonds is 5. The lowest BCUT2D eigenvalue weighted by atomic mass is 9.74. The van der Waals surface area contributed by atoms with E-state index in [4.69, 9.17) is 9.47 Å². The monoisotopic (exact) mass is 346 g/mol. The molecule has 1 saturated heterocycles. The van der Waals surface area contributed by atoms with Gasteiger partial charge in [-0.2, -0.15) is 0 Å². The summed E-state index contributed by atoms with van der Waals surface area (Å²) in [4.78, 5) is 12.4. The van der Waals surface area contributed by atoms with E-state index in [0.717, 1.165) is 44.6 Å². The molecule has 1 aromatic carbocycles. The number of urea groups is 1. The minimum absolute atomic E-state index is 0.0359. The first-order chi connectivity index (χ1) is 12.2. The van der Waals surface area contributed by atoms with Crippen LogP contribution in [0, 0.1) is 0 Å². The van der Waals surface area contributed by atoms with Crippen molar-refractivity contribution >= 4 is 6.03 Å². The fraction of sp³-hybridized carbons (Fsp3) is 0.650. The Bertz CT molecular complexity index is 547. The first kappa shape index (κ1) is 18.1. The second-order valence-corrected chi connectivity index (χ2v) is 7.28. The van der Waals surface area contributed by atoms with Gasteiger partial charge in [-0.05, 0) is 43.4 Å². The van der Waals surface area contributed by atoms with E-state index >= 15 is 0 Å². The molecular weight excluding hydrogens is 316 g/mol. The molecular formula is C20H30N2O3. The van der Waals surface area contributed by atoms with Gasteiger partial charge in [0, 0.05) is 31.2 Å². The molecule has 1 saturated carbocycles. The molecule has 0 atom stereocenters. The van der Waals surface area contributed by atoms with Gasteiger partial charge in [-0.25, -0.2) is 4.79 Å². The molecule has 2 N–H and O–H groups in total. The van der Waals surface area contributed by atoms with Crippen LogP contribution in [0.15, 0.2) is 24.3 Å². The smallest absolute Gasteiger partial charge is 0.315 e. The van der Waals surface area contributed by atoms with E-state index in [1.807, 2.05) is 12.1 Å². The zero-order valence-electron chi connectivity index (χ0n) is 15.2. The second-order valence-electron chi connectivity index (χ2n) is 7.28. The number of hydrogen-bond acceptors (Lipinski definition) is 3. The average Bonchev–Trinajstić information content (AvgIpc) is 2.68. The SMILES string of the molecule is COc1ccc(C2(CNC(=O)NC3CCCCC3)CCOCC2)cc1. The van der Waals surface area contributed by atoms with Gasteiger partial charge in [0.2, 0.25) is 0 Å². The lowest BCUT2D eigenvalue weighted by Crippen LogP contribution is -2.49. The number of amides is 2. The summed E-state index contributed by atoms with van der Waals surface area (Å²) < 4.78 is 10.8. The molecule has 2 amide bonds. The number of methoxy groups -OCH3 is 1. The van der Waals surface area contributed by atoms with E-state index < -0.39 is 0 Å². The summed E-state index contributed by atoms with van der Waals surface area (Å²) >= 11 is 0. The Balaban J connectivity index is 1.62. The van der Waals surface area contributed by atoms with Crippen molar-refractivity contribution in [3.63, 3.8) is 0 Å². The van der Waals surface area contributed by atoms with E-state index in [-0.39, 0.29) is 11.4 Å². The van der Waals surface area contributed by atoms with Crippen LogP contribution >= 0.6 is 0 Å². The van der Waals surface area contributed by atoms with Crippen molar-refractivity contribution in [2.24, 2.45) is 0 Å². The summed E-state index contributed by atoms with van der Waals surface area (Å²) in [5.74, 6) is 0.856. The minimum Gasteiger partial charge on any atom is -0.497 e. The standard InChI is InChI=1S/C20H30N2O3/c1-24-18-9-7-16(8-10-18)20(11-13-25-14-12-20)15-21-19(23)22-17-5-3-2-4-6-17/h7-10,17H,2-6,11-15H2,1H3,(H2,21,22,23). The molecule has 25 heavy (non-hydrogen) atoms. The number of nitrogens with one attached hydrogen (secondary N) is 2. The van der Waals surface area contributed by atoms with Gasteiger partial charge in [0.25, 0.3) is 0 Å². The van der Waals surface area contributed by atoms with Crippen molar-refractivity contribution in [1.29, 1.82) is 0 Å². The maximum Gasteiger partial charge on any atom is 0.315 e. The lowest BCUT2D eigenvalue weighted by Gasteiger charge is -2.38. The molecule has 3 rings (SSSR count). The molecule has 1 aliphatic carbocycles. The molecule has 1 heterocycles. The Morgan fingerprint density at radius 2 is 1.84 bits per heavy atom. The lowest BCUT2D eigenvalue weighted by molar-refractivity contribution is 0.0506. The van der Waals surface area contributed by atoms with Crippen molar-refractivity contribution in [2.75, 3.05) is 26.9 Å². The Kier molecular flexibility index (Phi) is 6.19. The van der Waals surface area contributed by atoms with Gasteiger partial charge in [0.1, 0.15) is 5.75 Å².